The Morgan fingerprint density at radius 1 is 1.25 bits per heavy atom. The van der Waals surface area contributed by atoms with Crippen molar-refractivity contribution in [3.63, 3.8) is 0 Å². The van der Waals surface area contributed by atoms with Crippen molar-refractivity contribution in [2.24, 2.45) is 5.10 Å². The van der Waals surface area contributed by atoms with Gasteiger partial charge in [-0.15, -0.1) is 5.10 Å². The molecule has 0 unspecified atom stereocenters. The fourth-order valence-electron chi connectivity index (χ4n) is 2.71. The quantitative estimate of drug-likeness (QED) is 0.251. The standard InChI is InChI=1S/C18H12ClN9O4/c19-12-6-4-10(5-7-12)9-21-23-18(29)14-15(11-2-1-3-13(8-11)28(30)31)27(26-22-14)17-16(20)24-32-25-17/h1-9H,(H2,20,24)(H,23,29)/b21-9+. The van der Waals surface area contributed by atoms with Crippen LogP contribution in [0.25, 0.3) is 17.1 Å². The average Bonchev–Trinajstić information content (AvgIpc) is 3.41. The molecular formula is C18H12ClN9O4. The van der Waals surface area contributed by atoms with Crippen molar-refractivity contribution >= 4 is 35.2 Å². The molecule has 13 nitrogen and oxygen atoms in total. The third-order valence-electron chi connectivity index (χ3n) is 4.16. The monoisotopic (exact) mass is 453 g/mol. The van der Waals surface area contributed by atoms with Gasteiger partial charge < -0.3 is 5.73 Å². The molecule has 160 valence electrons. The summed E-state index contributed by atoms with van der Waals surface area (Å²) in [6, 6.07) is 12.3. The molecule has 0 spiro atoms. The molecule has 2 aromatic carbocycles. The van der Waals surface area contributed by atoms with Gasteiger partial charge in [0.2, 0.25) is 11.6 Å². The minimum atomic E-state index is -0.724. The second-order valence-corrected chi connectivity index (χ2v) is 6.67. The van der Waals surface area contributed by atoms with Gasteiger partial charge in [0.25, 0.3) is 11.6 Å². The van der Waals surface area contributed by atoms with E-state index in [1.54, 1.807) is 30.3 Å². The average molecular weight is 454 g/mol. The summed E-state index contributed by atoms with van der Waals surface area (Å²) in [5, 5.41) is 30.6. The second-order valence-electron chi connectivity index (χ2n) is 6.23. The number of nitro benzene ring substituents is 1. The number of rotatable bonds is 6. The van der Waals surface area contributed by atoms with Gasteiger partial charge in [0.15, 0.2) is 5.69 Å². The highest BCUT2D eigenvalue weighted by Gasteiger charge is 2.26. The molecule has 0 bridgehead atoms. The maximum atomic E-state index is 12.8. The molecule has 4 aromatic rings. The Balaban J connectivity index is 1.72. The molecule has 14 heteroatoms. The van der Waals surface area contributed by atoms with Crippen molar-refractivity contribution in [1.82, 2.24) is 30.7 Å². The van der Waals surface area contributed by atoms with Gasteiger partial charge in [-0.1, -0.05) is 41.1 Å². The highest BCUT2D eigenvalue weighted by molar-refractivity contribution is 6.30. The summed E-state index contributed by atoms with van der Waals surface area (Å²) < 4.78 is 5.69. The summed E-state index contributed by atoms with van der Waals surface area (Å²) in [4.78, 5) is 23.4. The Morgan fingerprint density at radius 3 is 2.72 bits per heavy atom. The first-order chi connectivity index (χ1) is 15.4. The van der Waals surface area contributed by atoms with E-state index in [1.807, 2.05) is 0 Å². The van der Waals surface area contributed by atoms with E-state index in [-0.39, 0.29) is 34.3 Å². The number of nitrogens with two attached hydrogens (primary N) is 1. The van der Waals surface area contributed by atoms with Crippen molar-refractivity contribution in [3.05, 3.63) is 74.9 Å². The van der Waals surface area contributed by atoms with Gasteiger partial charge in [-0.3, -0.25) is 14.9 Å². The molecule has 32 heavy (non-hydrogen) atoms. The van der Waals surface area contributed by atoms with E-state index in [0.29, 0.717) is 10.6 Å². The van der Waals surface area contributed by atoms with E-state index in [2.05, 4.69) is 35.8 Å². The highest BCUT2D eigenvalue weighted by atomic mass is 35.5. The molecule has 2 aromatic heterocycles. The van der Waals surface area contributed by atoms with Crippen LogP contribution in [0.1, 0.15) is 16.1 Å². The number of anilines is 1. The molecule has 0 atom stereocenters. The number of hydrogen-bond acceptors (Lipinski definition) is 10. The van der Waals surface area contributed by atoms with Gasteiger partial charge in [0.1, 0.15) is 5.69 Å². The fourth-order valence-corrected chi connectivity index (χ4v) is 2.84. The van der Waals surface area contributed by atoms with E-state index in [4.69, 9.17) is 17.3 Å². The van der Waals surface area contributed by atoms with Gasteiger partial charge in [-0.2, -0.15) is 9.78 Å². The number of non-ortho nitro benzene ring substituents is 1. The van der Waals surface area contributed by atoms with Crippen LogP contribution >= 0.6 is 11.6 Å². The van der Waals surface area contributed by atoms with Crippen LogP contribution in [0.5, 0.6) is 0 Å². The van der Waals surface area contributed by atoms with E-state index in [0.717, 1.165) is 4.68 Å². The fraction of sp³-hybridized carbons (Fsp3) is 0. The molecular weight excluding hydrogens is 442 g/mol. The number of benzene rings is 2. The first-order valence-corrected chi connectivity index (χ1v) is 9.19. The van der Waals surface area contributed by atoms with Crippen LogP contribution in [0, 0.1) is 10.1 Å². The minimum absolute atomic E-state index is 0.0391. The number of aromatic nitrogens is 5. The van der Waals surface area contributed by atoms with Crippen LogP contribution in [0.2, 0.25) is 5.02 Å². The third kappa shape index (κ3) is 4.13. The number of hydrazone groups is 1. The third-order valence-corrected chi connectivity index (χ3v) is 4.41. The van der Waals surface area contributed by atoms with Crippen LogP contribution < -0.4 is 11.2 Å². The van der Waals surface area contributed by atoms with Crippen LogP contribution in [-0.2, 0) is 0 Å². The summed E-state index contributed by atoms with van der Waals surface area (Å²) in [5.41, 5.74) is 8.74. The maximum Gasteiger partial charge on any atom is 0.294 e. The van der Waals surface area contributed by atoms with E-state index in [1.165, 1.54) is 24.4 Å². The maximum absolute atomic E-state index is 12.8. The van der Waals surface area contributed by atoms with Crippen LogP contribution in [-0.4, -0.2) is 42.4 Å². The van der Waals surface area contributed by atoms with Crippen LogP contribution in [0.3, 0.4) is 0 Å². The minimum Gasteiger partial charge on any atom is -0.378 e. The van der Waals surface area contributed by atoms with Gasteiger partial charge in [0, 0.05) is 22.7 Å². The van der Waals surface area contributed by atoms with Gasteiger partial charge in [-0.25, -0.2) is 10.1 Å². The van der Waals surface area contributed by atoms with E-state index >= 15 is 0 Å². The molecule has 0 aliphatic rings. The van der Waals surface area contributed by atoms with Gasteiger partial charge in [0.05, 0.1) is 11.1 Å². The summed E-state index contributed by atoms with van der Waals surface area (Å²) >= 11 is 5.84. The lowest BCUT2D eigenvalue weighted by molar-refractivity contribution is -0.384. The van der Waals surface area contributed by atoms with Crippen molar-refractivity contribution < 1.29 is 14.3 Å². The lowest BCUT2D eigenvalue weighted by Crippen LogP contribution is -2.19. The predicted molar refractivity (Wildman–Crippen MR) is 112 cm³/mol. The van der Waals surface area contributed by atoms with Crippen molar-refractivity contribution in [1.29, 1.82) is 0 Å². The summed E-state index contributed by atoms with van der Waals surface area (Å²) in [6.07, 6.45) is 1.41. The first kappa shape index (κ1) is 20.6. The van der Waals surface area contributed by atoms with Crippen LogP contribution in [0.15, 0.2) is 58.3 Å². The molecule has 4 rings (SSSR count). The second kappa shape index (κ2) is 8.61. The first-order valence-electron chi connectivity index (χ1n) is 8.82. The topological polar surface area (TPSA) is 180 Å². The Labute approximate surface area is 183 Å². The van der Waals surface area contributed by atoms with Crippen molar-refractivity contribution in [2.75, 3.05) is 5.73 Å². The Morgan fingerprint density at radius 2 is 2.03 bits per heavy atom. The number of hydrogen-bond donors (Lipinski definition) is 2. The van der Waals surface area contributed by atoms with Gasteiger partial charge in [-0.05, 0) is 28.0 Å². The molecule has 1 amide bonds. The smallest absolute Gasteiger partial charge is 0.294 e. The zero-order valence-electron chi connectivity index (χ0n) is 15.9. The van der Waals surface area contributed by atoms with E-state index in [9.17, 15) is 14.9 Å². The Kier molecular flexibility index (Phi) is 5.55. The largest absolute Gasteiger partial charge is 0.378 e. The number of halogens is 1. The molecule has 0 fully saturated rings. The molecule has 2 heterocycles. The number of amides is 1. The summed E-state index contributed by atoms with van der Waals surface area (Å²) in [5.74, 6) is -0.880. The number of carbonyl (C=O) groups is 1. The van der Waals surface area contributed by atoms with Crippen molar-refractivity contribution in [3.8, 4) is 17.1 Å². The lowest BCUT2D eigenvalue weighted by atomic mass is 10.1. The van der Waals surface area contributed by atoms with Crippen molar-refractivity contribution in [2.45, 2.75) is 0 Å². The Bertz CT molecular complexity index is 1330. The SMILES string of the molecule is Nc1nonc1-n1nnc(C(=O)N/N=C/c2ccc(Cl)cc2)c1-c1cccc([N+](=O)[O-])c1. The summed E-state index contributed by atoms with van der Waals surface area (Å²) in [7, 11) is 0. The zero-order chi connectivity index (χ0) is 22.7. The summed E-state index contributed by atoms with van der Waals surface area (Å²) in [6.45, 7) is 0. The molecule has 0 radical (unpaired) electrons. The number of nitrogen functional groups attached to an aromatic ring is 1. The molecule has 3 N–H and O–H groups in total. The number of nitro groups is 1. The Hall–Kier alpha value is -4.65. The van der Waals surface area contributed by atoms with Crippen LogP contribution in [0.4, 0.5) is 11.5 Å². The predicted octanol–water partition coefficient (Wildman–Crippen LogP) is 2.23. The number of carbonyl (C=O) groups excluding carboxylic acids is 1. The highest BCUT2D eigenvalue weighted by Crippen LogP contribution is 2.28. The normalized spacial score (nSPS) is 11.0. The van der Waals surface area contributed by atoms with Gasteiger partial charge >= 0.3 is 0 Å². The molecule has 0 saturated carbocycles. The molecule has 0 aliphatic carbocycles. The zero-order valence-corrected chi connectivity index (χ0v) is 16.7. The number of nitrogens with one attached hydrogen (secondary N) is 1. The van der Waals surface area contributed by atoms with E-state index < -0.39 is 10.8 Å². The molecule has 0 aliphatic heterocycles. The lowest BCUT2D eigenvalue weighted by Gasteiger charge is -2.05. The molecule has 0 saturated heterocycles. The number of nitrogens with zero attached hydrogens (tertiary/aromatic N) is 7.